The third kappa shape index (κ3) is 5.87. The Labute approximate surface area is 216 Å². The fourth-order valence-corrected chi connectivity index (χ4v) is 5.45. The summed E-state index contributed by atoms with van der Waals surface area (Å²) in [4.78, 5) is 17.5. The van der Waals surface area contributed by atoms with E-state index in [-0.39, 0.29) is 11.7 Å². The molecule has 3 aromatic rings. The van der Waals surface area contributed by atoms with Crippen LogP contribution < -0.4 is 10.1 Å². The van der Waals surface area contributed by atoms with E-state index >= 15 is 0 Å². The topological polar surface area (TPSA) is 50.7 Å². The predicted octanol–water partition coefficient (Wildman–Crippen LogP) is 7.78. The van der Waals surface area contributed by atoms with Gasteiger partial charge in [-0.2, -0.15) is 0 Å². The van der Waals surface area contributed by atoms with E-state index in [0.717, 1.165) is 25.6 Å². The van der Waals surface area contributed by atoms with Crippen LogP contribution in [-0.2, 0) is 11.4 Å². The van der Waals surface area contributed by atoms with E-state index in [1.165, 1.54) is 23.9 Å². The Hall–Kier alpha value is -2.13. The molecule has 0 unspecified atom stereocenters. The molecular formula is C24H16Br2ClFN2O2S. The van der Waals surface area contributed by atoms with Gasteiger partial charge in [0.05, 0.1) is 19.5 Å². The van der Waals surface area contributed by atoms with E-state index in [2.05, 4.69) is 42.2 Å². The minimum absolute atomic E-state index is 0.220. The predicted molar refractivity (Wildman–Crippen MR) is 140 cm³/mol. The lowest BCUT2D eigenvalue weighted by atomic mass is 10.2. The number of nitrogens with one attached hydrogen (secondary N) is 1. The number of amidine groups is 1. The fourth-order valence-electron chi connectivity index (χ4n) is 3.00. The summed E-state index contributed by atoms with van der Waals surface area (Å²) in [5, 5.41) is 3.91. The molecular weight excluding hydrogens is 595 g/mol. The minimum atomic E-state index is -0.289. The first-order chi connectivity index (χ1) is 15.8. The van der Waals surface area contributed by atoms with Crippen LogP contribution in [0.2, 0.25) is 5.02 Å². The molecule has 0 radical (unpaired) electrons. The number of thioether (sulfide) groups is 1. The lowest BCUT2D eigenvalue weighted by Gasteiger charge is -2.11. The number of halogens is 4. The van der Waals surface area contributed by atoms with E-state index in [4.69, 9.17) is 16.3 Å². The van der Waals surface area contributed by atoms with Crippen LogP contribution in [0.5, 0.6) is 5.75 Å². The van der Waals surface area contributed by atoms with Crippen LogP contribution in [0.1, 0.15) is 16.7 Å². The van der Waals surface area contributed by atoms with Gasteiger partial charge in [0.1, 0.15) is 18.2 Å². The quantitative estimate of drug-likeness (QED) is 0.300. The standard InChI is InChI=1S/C24H16Br2ClFN2O2S/c1-13-19(27)3-2-4-20(13)29-24-30-23(31)21(33-24)11-15-9-17(25)22(18(26)10-15)32-12-14-5-7-16(28)8-6-14/h2-11H,12H2,1H3,(H,29,30,31)/b21-11+. The van der Waals surface area contributed by atoms with Crippen LogP contribution in [0, 0.1) is 12.7 Å². The molecule has 1 amide bonds. The van der Waals surface area contributed by atoms with Gasteiger partial charge in [0, 0.05) is 5.02 Å². The first kappa shape index (κ1) is 24.0. The number of aliphatic imine (C=N–C) groups is 1. The number of nitrogens with zero attached hydrogens (tertiary/aromatic N) is 1. The van der Waals surface area contributed by atoms with Crippen molar-refractivity contribution in [3.8, 4) is 5.75 Å². The van der Waals surface area contributed by atoms with Crippen molar-refractivity contribution < 1.29 is 13.9 Å². The number of carbonyl (C=O) groups is 1. The van der Waals surface area contributed by atoms with Crippen molar-refractivity contribution in [3.63, 3.8) is 0 Å². The molecule has 1 saturated heterocycles. The second kappa shape index (κ2) is 10.4. The lowest BCUT2D eigenvalue weighted by molar-refractivity contribution is -0.115. The van der Waals surface area contributed by atoms with E-state index < -0.39 is 0 Å². The monoisotopic (exact) mass is 608 g/mol. The number of ether oxygens (including phenoxy) is 1. The van der Waals surface area contributed by atoms with E-state index in [1.54, 1.807) is 24.3 Å². The Kier molecular flexibility index (Phi) is 7.58. The molecule has 0 aliphatic carbocycles. The molecule has 0 aromatic heterocycles. The maximum Gasteiger partial charge on any atom is 0.264 e. The van der Waals surface area contributed by atoms with E-state index in [1.807, 2.05) is 31.2 Å². The molecule has 1 fully saturated rings. The summed E-state index contributed by atoms with van der Waals surface area (Å²) in [6.45, 7) is 2.17. The second-order valence-electron chi connectivity index (χ2n) is 7.09. The van der Waals surface area contributed by atoms with Gasteiger partial charge in [-0.1, -0.05) is 29.8 Å². The Morgan fingerprint density at radius 1 is 1.15 bits per heavy atom. The normalized spacial score (nSPS) is 15.8. The van der Waals surface area contributed by atoms with Gasteiger partial charge in [-0.3, -0.25) is 4.79 Å². The average Bonchev–Trinajstić information content (AvgIpc) is 3.10. The van der Waals surface area contributed by atoms with Crippen LogP contribution in [0.4, 0.5) is 10.1 Å². The fraction of sp³-hybridized carbons (Fsp3) is 0.0833. The summed E-state index contributed by atoms with van der Waals surface area (Å²) in [5.41, 5.74) is 3.21. The van der Waals surface area contributed by atoms with Gasteiger partial charge in [-0.25, -0.2) is 9.38 Å². The molecule has 1 aliphatic heterocycles. The summed E-state index contributed by atoms with van der Waals surface area (Å²) in [5.74, 6) is 0.106. The molecule has 3 aromatic carbocycles. The van der Waals surface area contributed by atoms with Crippen LogP contribution in [-0.4, -0.2) is 11.1 Å². The van der Waals surface area contributed by atoms with Gasteiger partial charge >= 0.3 is 0 Å². The van der Waals surface area contributed by atoms with Crippen molar-refractivity contribution in [3.05, 3.63) is 96.0 Å². The largest absolute Gasteiger partial charge is 0.487 e. The van der Waals surface area contributed by atoms with Crippen molar-refractivity contribution in [2.45, 2.75) is 13.5 Å². The zero-order valence-corrected chi connectivity index (χ0v) is 21.9. The number of rotatable bonds is 5. The maximum atomic E-state index is 13.1. The lowest BCUT2D eigenvalue weighted by Crippen LogP contribution is -2.19. The molecule has 1 aliphatic rings. The van der Waals surface area contributed by atoms with Crippen LogP contribution in [0.3, 0.4) is 0 Å². The zero-order valence-electron chi connectivity index (χ0n) is 17.2. The second-order valence-corrected chi connectivity index (χ2v) is 10.2. The maximum absolute atomic E-state index is 13.1. The molecule has 9 heteroatoms. The number of benzene rings is 3. The Morgan fingerprint density at radius 3 is 2.55 bits per heavy atom. The molecule has 33 heavy (non-hydrogen) atoms. The van der Waals surface area contributed by atoms with Crippen LogP contribution in [0.25, 0.3) is 6.08 Å². The van der Waals surface area contributed by atoms with Crippen molar-refractivity contribution in [2.24, 2.45) is 4.99 Å². The molecule has 0 atom stereocenters. The SMILES string of the molecule is Cc1c(Cl)cccc1N=C1NC(=O)/C(=C\c2cc(Br)c(OCc3ccc(F)cc3)c(Br)c2)S1. The molecule has 0 bridgehead atoms. The molecule has 1 N–H and O–H groups in total. The van der Waals surface area contributed by atoms with Crippen molar-refractivity contribution >= 4 is 78.1 Å². The molecule has 168 valence electrons. The number of hydrogen-bond acceptors (Lipinski definition) is 4. The number of carbonyl (C=O) groups excluding carboxylic acids is 1. The summed E-state index contributed by atoms with van der Waals surface area (Å²) >= 11 is 14.5. The first-order valence-corrected chi connectivity index (χ1v) is 12.5. The van der Waals surface area contributed by atoms with Crippen molar-refractivity contribution in [1.29, 1.82) is 0 Å². The van der Waals surface area contributed by atoms with E-state index in [9.17, 15) is 9.18 Å². The third-order valence-corrected chi connectivity index (χ3v) is 7.22. The number of amides is 1. The summed E-state index contributed by atoms with van der Waals surface area (Å²) in [6.07, 6.45) is 1.78. The Balaban J connectivity index is 1.51. The first-order valence-electron chi connectivity index (χ1n) is 9.71. The Bertz CT molecular complexity index is 1270. The van der Waals surface area contributed by atoms with Gasteiger partial charge in [-0.05, 0) is 110 Å². The molecule has 4 rings (SSSR count). The number of hydrogen-bond donors (Lipinski definition) is 1. The van der Waals surface area contributed by atoms with Gasteiger partial charge in [0.15, 0.2) is 5.17 Å². The van der Waals surface area contributed by atoms with Gasteiger partial charge in [-0.15, -0.1) is 0 Å². The van der Waals surface area contributed by atoms with Gasteiger partial charge < -0.3 is 10.1 Å². The molecule has 0 spiro atoms. The Morgan fingerprint density at radius 2 is 1.85 bits per heavy atom. The smallest absolute Gasteiger partial charge is 0.264 e. The van der Waals surface area contributed by atoms with Crippen LogP contribution >= 0.6 is 55.2 Å². The summed E-state index contributed by atoms with van der Waals surface area (Å²) in [6, 6.07) is 15.3. The molecule has 1 heterocycles. The highest BCUT2D eigenvalue weighted by atomic mass is 79.9. The van der Waals surface area contributed by atoms with Gasteiger partial charge in [0.2, 0.25) is 0 Å². The zero-order chi connectivity index (χ0) is 23.5. The third-order valence-electron chi connectivity index (χ3n) is 4.73. The average molecular weight is 611 g/mol. The summed E-state index contributed by atoms with van der Waals surface area (Å²) < 4.78 is 20.4. The van der Waals surface area contributed by atoms with E-state index in [0.29, 0.717) is 33.1 Å². The minimum Gasteiger partial charge on any atom is -0.487 e. The highest BCUT2D eigenvalue weighted by molar-refractivity contribution is 9.11. The molecule has 0 saturated carbocycles. The highest BCUT2D eigenvalue weighted by Crippen LogP contribution is 2.37. The summed E-state index contributed by atoms with van der Waals surface area (Å²) in [7, 11) is 0. The van der Waals surface area contributed by atoms with Crippen molar-refractivity contribution in [2.75, 3.05) is 0 Å². The molecule has 4 nitrogen and oxygen atoms in total. The van der Waals surface area contributed by atoms with Gasteiger partial charge in [0.25, 0.3) is 5.91 Å². The van der Waals surface area contributed by atoms with Crippen molar-refractivity contribution in [1.82, 2.24) is 5.32 Å². The highest BCUT2D eigenvalue weighted by Gasteiger charge is 2.24. The van der Waals surface area contributed by atoms with Crippen LogP contribution in [0.15, 0.2) is 73.4 Å².